The van der Waals surface area contributed by atoms with Crippen molar-refractivity contribution in [3.63, 3.8) is 0 Å². The second-order valence-corrected chi connectivity index (χ2v) is 7.05. The third-order valence-electron chi connectivity index (χ3n) is 5.54. The maximum absolute atomic E-state index is 6.13. The summed E-state index contributed by atoms with van der Waals surface area (Å²) in [7, 11) is 4.57. The van der Waals surface area contributed by atoms with Crippen molar-refractivity contribution in [1.29, 1.82) is 0 Å². The average molecular weight is 267 g/mol. The molecule has 0 aromatic carbocycles. The first-order valence-electron chi connectivity index (χ1n) is 8.22. The van der Waals surface area contributed by atoms with E-state index in [1.165, 1.54) is 51.6 Å². The van der Waals surface area contributed by atoms with E-state index in [1.807, 2.05) is 0 Å². The van der Waals surface area contributed by atoms with Crippen molar-refractivity contribution >= 4 is 0 Å². The quantitative estimate of drug-likeness (QED) is 0.847. The maximum Gasteiger partial charge on any atom is 0.0247 e. The molecule has 2 N–H and O–H groups in total. The summed E-state index contributed by atoms with van der Waals surface area (Å²) in [5.74, 6) is 1.76. The van der Waals surface area contributed by atoms with Crippen LogP contribution in [0.2, 0.25) is 0 Å². The van der Waals surface area contributed by atoms with Crippen LogP contribution < -0.4 is 5.73 Å². The summed E-state index contributed by atoms with van der Waals surface area (Å²) in [6.45, 7) is 5.71. The highest BCUT2D eigenvalue weighted by Gasteiger charge is 2.32. The monoisotopic (exact) mass is 267 g/mol. The van der Waals surface area contributed by atoms with Gasteiger partial charge in [0.1, 0.15) is 0 Å². The standard InChI is InChI=1S/C16H33N3/c1-13-6-8-14(9-7-13)16(11-17)19(3)15-5-4-10-18(2)12-15/h13-16H,4-12,17H2,1-3H3. The number of piperidine rings is 1. The first-order chi connectivity index (χ1) is 9.11. The molecule has 0 aromatic rings. The molecule has 3 heteroatoms. The summed E-state index contributed by atoms with van der Waals surface area (Å²) in [4.78, 5) is 5.09. The fourth-order valence-electron chi connectivity index (χ4n) is 4.10. The zero-order chi connectivity index (χ0) is 13.8. The van der Waals surface area contributed by atoms with Crippen LogP contribution in [0.3, 0.4) is 0 Å². The summed E-state index contributed by atoms with van der Waals surface area (Å²) in [6.07, 6.45) is 8.26. The van der Waals surface area contributed by atoms with Gasteiger partial charge in [-0.15, -0.1) is 0 Å². The molecule has 1 saturated heterocycles. The van der Waals surface area contributed by atoms with Gasteiger partial charge in [-0.3, -0.25) is 4.90 Å². The van der Waals surface area contributed by atoms with Gasteiger partial charge in [0.05, 0.1) is 0 Å². The fraction of sp³-hybridized carbons (Fsp3) is 1.00. The molecule has 0 amide bonds. The lowest BCUT2D eigenvalue weighted by atomic mass is 9.78. The van der Waals surface area contributed by atoms with Crippen LogP contribution in [-0.2, 0) is 0 Å². The summed E-state index contributed by atoms with van der Waals surface area (Å²) < 4.78 is 0. The lowest BCUT2D eigenvalue weighted by molar-refractivity contribution is 0.0597. The van der Waals surface area contributed by atoms with Gasteiger partial charge in [0.25, 0.3) is 0 Å². The van der Waals surface area contributed by atoms with Crippen LogP contribution in [0.1, 0.15) is 45.4 Å². The van der Waals surface area contributed by atoms with E-state index >= 15 is 0 Å². The summed E-state index contributed by atoms with van der Waals surface area (Å²) in [5, 5.41) is 0. The predicted molar refractivity (Wildman–Crippen MR) is 82.2 cm³/mol. The zero-order valence-corrected chi connectivity index (χ0v) is 13.1. The van der Waals surface area contributed by atoms with Crippen LogP contribution in [0.15, 0.2) is 0 Å². The summed E-state index contributed by atoms with van der Waals surface area (Å²) >= 11 is 0. The van der Waals surface area contributed by atoms with Crippen molar-refractivity contribution in [2.45, 2.75) is 57.5 Å². The molecule has 3 nitrogen and oxygen atoms in total. The van der Waals surface area contributed by atoms with E-state index in [-0.39, 0.29) is 0 Å². The van der Waals surface area contributed by atoms with Crippen molar-refractivity contribution in [1.82, 2.24) is 9.80 Å². The number of hydrogen-bond acceptors (Lipinski definition) is 3. The van der Waals surface area contributed by atoms with Crippen molar-refractivity contribution in [3.05, 3.63) is 0 Å². The molecule has 2 atom stereocenters. The van der Waals surface area contributed by atoms with Crippen LogP contribution in [-0.4, -0.2) is 55.6 Å². The molecule has 2 aliphatic rings. The van der Waals surface area contributed by atoms with Gasteiger partial charge in [0.2, 0.25) is 0 Å². The van der Waals surface area contributed by atoms with Gasteiger partial charge < -0.3 is 10.6 Å². The Morgan fingerprint density at radius 1 is 1.21 bits per heavy atom. The Morgan fingerprint density at radius 2 is 1.89 bits per heavy atom. The van der Waals surface area contributed by atoms with E-state index in [2.05, 4.69) is 30.8 Å². The van der Waals surface area contributed by atoms with E-state index in [0.717, 1.165) is 18.4 Å². The molecular weight excluding hydrogens is 234 g/mol. The summed E-state index contributed by atoms with van der Waals surface area (Å²) in [6, 6.07) is 1.32. The second kappa shape index (κ2) is 7.05. The molecule has 0 aromatic heterocycles. The number of nitrogens with zero attached hydrogens (tertiary/aromatic N) is 2. The van der Waals surface area contributed by atoms with E-state index in [0.29, 0.717) is 12.1 Å². The topological polar surface area (TPSA) is 32.5 Å². The molecule has 2 rings (SSSR count). The number of hydrogen-bond donors (Lipinski definition) is 1. The molecule has 2 unspecified atom stereocenters. The molecule has 1 aliphatic heterocycles. The minimum atomic E-state index is 0.601. The Bertz CT molecular complexity index is 261. The van der Waals surface area contributed by atoms with Crippen LogP contribution in [0.25, 0.3) is 0 Å². The number of likely N-dealkylation sites (N-methyl/N-ethyl adjacent to an activating group) is 2. The average Bonchev–Trinajstić information content (AvgIpc) is 2.41. The van der Waals surface area contributed by atoms with Crippen molar-refractivity contribution < 1.29 is 0 Å². The van der Waals surface area contributed by atoms with Crippen LogP contribution >= 0.6 is 0 Å². The largest absolute Gasteiger partial charge is 0.329 e. The first-order valence-corrected chi connectivity index (χ1v) is 8.22. The lowest BCUT2D eigenvalue weighted by Crippen LogP contribution is -2.53. The molecule has 1 heterocycles. The number of likely N-dealkylation sites (tertiary alicyclic amines) is 1. The molecule has 0 radical (unpaired) electrons. The van der Waals surface area contributed by atoms with Crippen molar-refractivity contribution in [2.75, 3.05) is 33.7 Å². The lowest BCUT2D eigenvalue weighted by Gasteiger charge is -2.44. The second-order valence-electron chi connectivity index (χ2n) is 7.05. The predicted octanol–water partition coefficient (Wildman–Crippen LogP) is 2.17. The molecule has 0 bridgehead atoms. The van der Waals surface area contributed by atoms with E-state index in [9.17, 15) is 0 Å². The van der Waals surface area contributed by atoms with Gasteiger partial charge in [0.15, 0.2) is 0 Å². The Labute approximate surface area is 119 Å². The fourth-order valence-corrected chi connectivity index (χ4v) is 4.10. The molecule has 112 valence electrons. The highest BCUT2D eigenvalue weighted by atomic mass is 15.2. The Hall–Kier alpha value is -0.120. The third kappa shape index (κ3) is 3.93. The molecule has 0 spiro atoms. The van der Waals surface area contributed by atoms with Gasteiger partial charge in [-0.25, -0.2) is 0 Å². The normalized spacial score (nSPS) is 35.5. The molecular formula is C16H33N3. The highest BCUT2D eigenvalue weighted by Crippen LogP contribution is 2.33. The Morgan fingerprint density at radius 3 is 2.47 bits per heavy atom. The molecule has 1 saturated carbocycles. The van der Waals surface area contributed by atoms with Gasteiger partial charge in [-0.05, 0) is 58.2 Å². The first kappa shape index (κ1) is 15.3. The van der Waals surface area contributed by atoms with Gasteiger partial charge in [0, 0.05) is 25.2 Å². The van der Waals surface area contributed by atoms with Crippen LogP contribution in [0, 0.1) is 11.8 Å². The Kier molecular flexibility index (Phi) is 5.67. The van der Waals surface area contributed by atoms with Crippen molar-refractivity contribution in [3.8, 4) is 0 Å². The smallest absolute Gasteiger partial charge is 0.0247 e. The van der Waals surface area contributed by atoms with E-state index < -0.39 is 0 Å². The van der Waals surface area contributed by atoms with Crippen LogP contribution in [0.4, 0.5) is 0 Å². The minimum Gasteiger partial charge on any atom is -0.329 e. The number of rotatable bonds is 4. The third-order valence-corrected chi connectivity index (χ3v) is 5.54. The Balaban J connectivity index is 1.92. The maximum atomic E-state index is 6.13. The van der Waals surface area contributed by atoms with E-state index in [1.54, 1.807) is 0 Å². The number of nitrogens with two attached hydrogens (primary N) is 1. The highest BCUT2D eigenvalue weighted by molar-refractivity contribution is 4.88. The summed E-state index contributed by atoms with van der Waals surface area (Å²) in [5.41, 5.74) is 6.13. The zero-order valence-electron chi connectivity index (χ0n) is 13.1. The van der Waals surface area contributed by atoms with Gasteiger partial charge in [-0.1, -0.05) is 19.8 Å². The van der Waals surface area contributed by atoms with Crippen molar-refractivity contribution in [2.24, 2.45) is 17.6 Å². The van der Waals surface area contributed by atoms with E-state index in [4.69, 9.17) is 5.73 Å². The van der Waals surface area contributed by atoms with Crippen LogP contribution in [0.5, 0.6) is 0 Å². The molecule has 2 fully saturated rings. The molecule has 19 heavy (non-hydrogen) atoms. The molecule has 1 aliphatic carbocycles. The minimum absolute atomic E-state index is 0.601. The van der Waals surface area contributed by atoms with Gasteiger partial charge in [-0.2, -0.15) is 0 Å². The SMILES string of the molecule is CC1CCC(C(CN)N(C)C2CCCN(C)C2)CC1. The van der Waals surface area contributed by atoms with Gasteiger partial charge >= 0.3 is 0 Å².